The number of nitrogens with one attached hydrogen (secondary N) is 1. The molecule has 0 aliphatic heterocycles. The first kappa shape index (κ1) is 13.3. The van der Waals surface area contributed by atoms with Gasteiger partial charge in [-0.05, 0) is 48.4 Å². The van der Waals surface area contributed by atoms with Gasteiger partial charge in [-0.15, -0.1) is 0 Å². The summed E-state index contributed by atoms with van der Waals surface area (Å²) in [6.07, 6.45) is 1.10. The summed E-state index contributed by atoms with van der Waals surface area (Å²) >= 11 is 3.47. The van der Waals surface area contributed by atoms with Crippen LogP contribution in [0.2, 0.25) is 0 Å². The Bertz CT molecular complexity index is 501. The number of hydrogen-bond donors (Lipinski definition) is 1. The molecule has 2 aromatic carbocycles. The van der Waals surface area contributed by atoms with E-state index in [0.717, 1.165) is 10.9 Å². The van der Waals surface area contributed by atoms with Crippen LogP contribution in [0, 0.1) is 0 Å². The van der Waals surface area contributed by atoms with E-state index in [1.165, 1.54) is 16.7 Å². The lowest BCUT2D eigenvalue weighted by Crippen LogP contribution is -2.15. The third kappa shape index (κ3) is 3.01. The summed E-state index contributed by atoms with van der Waals surface area (Å²) < 4.78 is 1.11. The monoisotopic (exact) mass is 303 g/mol. The van der Waals surface area contributed by atoms with Crippen LogP contribution in [0.1, 0.15) is 24.9 Å². The predicted octanol–water partition coefficient (Wildman–Crippen LogP) is 4.79. The molecule has 0 amide bonds. The zero-order chi connectivity index (χ0) is 13.0. The highest BCUT2D eigenvalue weighted by molar-refractivity contribution is 9.10. The molecular formula is C16H18BrN. The van der Waals surface area contributed by atoms with E-state index in [9.17, 15) is 0 Å². The van der Waals surface area contributed by atoms with E-state index in [-0.39, 0.29) is 0 Å². The van der Waals surface area contributed by atoms with Crippen LogP contribution in [-0.4, -0.2) is 7.05 Å². The molecule has 1 unspecified atom stereocenters. The van der Waals surface area contributed by atoms with Crippen molar-refractivity contribution in [1.82, 2.24) is 5.32 Å². The molecule has 1 N–H and O–H groups in total. The minimum absolute atomic E-state index is 0.431. The maximum atomic E-state index is 3.47. The molecule has 0 fully saturated rings. The van der Waals surface area contributed by atoms with Gasteiger partial charge in [0.15, 0.2) is 0 Å². The first-order valence-electron chi connectivity index (χ1n) is 6.27. The van der Waals surface area contributed by atoms with Crippen molar-refractivity contribution in [1.29, 1.82) is 0 Å². The average Bonchev–Trinajstić information content (AvgIpc) is 2.41. The van der Waals surface area contributed by atoms with Crippen LogP contribution in [0.3, 0.4) is 0 Å². The van der Waals surface area contributed by atoms with E-state index in [1.807, 2.05) is 7.05 Å². The van der Waals surface area contributed by atoms with Crippen LogP contribution >= 0.6 is 15.9 Å². The van der Waals surface area contributed by atoms with Gasteiger partial charge in [-0.2, -0.15) is 0 Å². The van der Waals surface area contributed by atoms with Gasteiger partial charge in [-0.3, -0.25) is 0 Å². The molecule has 0 saturated heterocycles. The summed E-state index contributed by atoms with van der Waals surface area (Å²) in [7, 11) is 2.01. The van der Waals surface area contributed by atoms with Gasteiger partial charge in [0.2, 0.25) is 0 Å². The van der Waals surface area contributed by atoms with Crippen LogP contribution in [0.5, 0.6) is 0 Å². The molecule has 94 valence electrons. The van der Waals surface area contributed by atoms with Crippen molar-refractivity contribution in [3.8, 4) is 11.1 Å². The summed E-state index contributed by atoms with van der Waals surface area (Å²) in [4.78, 5) is 0. The molecule has 2 heteroatoms. The van der Waals surface area contributed by atoms with Crippen molar-refractivity contribution in [3.63, 3.8) is 0 Å². The lowest BCUT2D eigenvalue weighted by Gasteiger charge is -2.15. The van der Waals surface area contributed by atoms with Gasteiger partial charge in [0.1, 0.15) is 0 Å². The largest absolute Gasteiger partial charge is 0.313 e. The number of hydrogen-bond acceptors (Lipinski definition) is 1. The smallest absolute Gasteiger partial charge is 0.0315 e. The SMILES string of the molecule is CCC(NC)c1cccc(-c2ccc(Br)cc2)c1. The molecule has 0 aliphatic rings. The Morgan fingerprint density at radius 2 is 1.78 bits per heavy atom. The second-order valence-electron chi connectivity index (χ2n) is 4.38. The van der Waals surface area contributed by atoms with Gasteiger partial charge in [0, 0.05) is 10.5 Å². The van der Waals surface area contributed by atoms with Crippen molar-refractivity contribution in [2.75, 3.05) is 7.05 Å². The lowest BCUT2D eigenvalue weighted by molar-refractivity contribution is 0.577. The maximum absolute atomic E-state index is 3.47. The zero-order valence-electron chi connectivity index (χ0n) is 10.8. The molecule has 0 aliphatic carbocycles. The average molecular weight is 304 g/mol. The first-order valence-corrected chi connectivity index (χ1v) is 7.07. The van der Waals surface area contributed by atoms with Gasteiger partial charge < -0.3 is 5.32 Å². The Morgan fingerprint density at radius 3 is 2.39 bits per heavy atom. The summed E-state index contributed by atoms with van der Waals surface area (Å²) in [5.74, 6) is 0. The third-order valence-corrected chi connectivity index (χ3v) is 3.75. The van der Waals surface area contributed by atoms with E-state index < -0.39 is 0 Å². The molecule has 2 aromatic rings. The van der Waals surface area contributed by atoms with E-state index >= 15 is 0 Å². The summed E-state index contributed by atoms with van der Waals surface area (Å²) in [6, 6.07) is 17.6. The van der Waals surface area contributed by atoms with E-state index in [2.05, 4.69) is 76.7 Å². The summed E-state index contributed by atoms with van der Waals surface area (Å²) in [5.41, 5.74) is 3.88. The fourth-order valence-corrected chi connectivity index (χ4v) is 2.45. The Hall–Kier alpha value is -1.12. The Labute approximate surface area is 117 Å². The maximum Gasteiger partial charge on any atom is 0.0315 e. The van der Waals surface area contributed by atoms with Gasteiger partial charge >= 0.3 is 0 Å². The predicted molar refractivity (Wildman–Crippen MR) is 81.7 cm³/mol. The van der Waals surface area contributed by atoms with Gasteiger partial charge in [-0.1, -0.05) is 53.2 Å². The molecule has 0 saturated carbocycles. The molecule has 0 heterocycles. The molecular weight excluding hydrogens is 286 g/mol. The van der Waals surface area contributed by atoms with Crippen LogP contribution in [-0.2, 0) is 0 Å². The van der Waals surface area contributed by atoms with Gasteiger partial charge in [0.25, 0.3) is 0 Å². The third-order valence-electron chi connectivity index (χ3n) is 3.22. The van der Waals surface area contributed by atoms with Crippen molar-refractivity contribution in [2.24, 2.45) is 0 Å². The summed E-state index contributed by atoms with van der Waals surface area (Å²) in [5, 5.41) is 3.35. The molecule has 0 spiro atoms. The van der Waals surface area contributed by atoms with Crippen molar-refractivity contribution >= 4 is 15.9 Å². The fraction of sp³-hybridized carbons (Fsp3) is 0.250. The van der Waals surface area contributed by atoms with Crippen molar-refractivity contribution < 1.29 is 0 Å². The molecule has 0 bridgehead atoms. The normalized spacial score (nSPS) is 12.4. The Balaban J connectivity index is 2.34. The molecule has 18 heavy (non-hydrogen) atoms. The Morgan fingerprint density at radius 1 is 1.06 bits per heavy atom. The Kier molecular flexibility index (Phi) is 4.56. The van der Waals surface area contributed by atoms with E-state index in [4.69, 9.17) is 0 Å². The lowest BCUT2D eigenvalue weighted by atomic mass is 9.98. The van der Waals surface area contributed by atoms with Crippen LogP contribution in [0.4, 0.5) is 0 Å². The minimum atomic E-state index is 0.431. The first-order chi connectivity index (χ1) is 8.74. The van der Waals surface area contributed by atoms with Crippen molar-refractivity contribution in [2.45, 2.75) is 19.4 Å². The van der Waals surface area contributed by atoms with Crippen LogP contribution in [0.25, 0.3) is 11.1 Å². The standard InChI is InChI=1S/C16H18BrN/c1-3-16(18-2)14-6-4-5-13(11-14)12-7-9-15(17)10-8-12/h4-11,16,18H,3H2,1-2H3. The van der Waals surface area contributed by atoms with Crippen molar-refractivity contribution in [3.05, 3.63) is 58.6 Å². The highest BCUT2D eigenvalue weighted by Gasteiger charge is 2.07. The van der Waals surface area contributed by atoms with E-state index in [1.54, 1.807) is 0 Å². The zero-order valence-corrected chi connectivity index (χ0v) is 12.4. The quantitative estimate of drug-likeness (QED) is 0.856. The molecule has 0 aromatic heterocycles. The van der Waals surface area contributed by atoms with Crippen LogP contribution in [0.15, 0.2) is 53.0 Å². The summed E-state index contributed by atoms with van der Waals surface area (Å²) in [6.45, 7) is 2.20. The van der Waals surface area contributed by atoms with Crippen LogP contribution < -0.4 is 5.32 Å². The van der Waals surface area contributed by atoms with E-state index in [0.29, 0.717) is 6.04 Å². The van der Waals surface area contributed by atoms with Gasteiger partial charge in [-0.25, -0.2) is 0 Å². The highest BCUT2D eigenvalue weighted by atomic mass is 79.9. The number of benzene rings is 2. The van der Waals surface area contributed by atoms with Gasteiger partial charge in [0.05, 0.1) is 0 Å². The molecule has 1 nitrogen and oxygen atoms in total. The topological polar surface area (TPSA) is 12.0 Å². The fourth-order valence-electron chi connectivity index (χ4n) is 2.18. The highest BCUT2D eigenvalue weighted by Crippen LogP contribution is 2.25. The second-order valence-corrected chi connectivity index (χ2v) is 5.30. The minimum Gasteiger partial charge on any atom is -0.313 e. The second kappa shape index (κ2) is 6.17. The molecule has 2 rings (SSSR count). The number of rotatable bonds is 4. The molecule has 0 radical (unpaired) electrons. The molecule has 1 atom stereocenters. The number of halogens is 1.